The topological polar surface area (TPSA) is 106 Å². The number of aromatic nitrogens is 1. The normalized spacial score (nSPS) is 10.3. The quantitative estimate of drug-likeness (QED) is 0.681. The van der Waals surface area contributed by atoms with Crippen LogP contribution >= 0.6 is 0 Å². The minimum Gasteiger partial charge on any atom is -0.497 e. The van der Waals surface area contributed by atoms with Crippen molar-refractivity contribution in [1.29, 1.82) is 0 Å². The molecule has 1 heterocycles. The van der Waals surface area contributed by atoms with Crippen LogP contribution in [0.15, 0.2) is 54.6 Å². The van der Waals surface area contributed by atoms with Crippen LogP contribution in [0.25, 0.3) is 10.9 Å². The van der Waals surface area contributed by atoms with Crippen molar-refractivity contribution in [3.8, 4) is 5.75 Å². The second-order valence-corrected chi connectivity index (χ2v) is 5.28. The van der Waals surface area contributed by atoms with Gasteiger partial charge in [-0.15, -0.1) is 0 Å². The number of nitrogens with one attached hydrogen (secondary N) is 2. The number of pyridine rings is 1. The highest BCUT2D eigenvalue weighted by Crippen LogP contribution is 2.20. The van der Waals surface area contributed by atoms with Gasteiger partial charge < -0.3 is 21.1 Å². The summed E-state index contributed by atoms with van der Waals surface area (Å²) in [6.07, 6.45) is 0. The summed E-state index contributed by atoms with van der Waals surface area (Å²) < 4.78 is 5.17. The molecule has 0 unspecified atom stereocenters. The standard InChI is InChI=1S/C18H16N4O3/c1-25-14-6-8-15-11(9-14)5-7-16(22-15)17(23)20-12-3-2-4-13(10-12)21-18(19)24/h2-10H,1H3,(H,20,23)(H3,19,21,24). The number of ether oxygens (including phenoxy) is 1. The maximum absolute atomic E-state index is 12.4. The van der Waals surface area contributed by atoms with E-state index in [1.54, 1.807) is 49.6 Å². The first kappa shape index (κ1) is 16.3. The zero-order chi connectivity index (χ0) is 17.8. The minimum atomic E-state index is -0.671. The van der Waals surface area contributed by atoms with E-state index < -0.39 is 6.03 Å². The zero-order valence-corrected chi connectivity index (χ0v) is 13.4. The molecule has 7 heteroatoms. The number of amides is 3. The molecule has 7 nitrogen and oxygen atoms in total. The largest absolute Gasteiger partial charge is 0.497 e. The highest BCUT2D eigenvalue weighted by Gasteiger charge is 2.10. The number of hydrogen-bond donors (Lipinski definition) is 3. The van der Waals surface area contributed by atoms with Gasteiger partial charge in [0.15, 0.2) is 0 Å². The number of primary amides is 1. The van der Waals surface area contributed by atoms with Crippen molar-refractivity contribution in [2.75, 3.05) is 17.7 Å². The smallest absolute Gasteiger partial charge is 0.316 e. The Morgan fingerprint density at radius 2 is 1.76 bits per heavy atom. The van der Waals surface area contributed by atoms with Gasteiger partial charge in [0.1, 0.15) is 11.4 Å². The number of fused-ring (bicyclic) bond motifs is 1. The van der Waals surface area contributed by atoms with E-state index in [0.29, 0.717) is 16.9 Å². The maximum Gasteiger partial charge on any atom is 0.316 e. The molecule has 3 rings (SSSR count). The van der Waals surface area contributed by atoms with Crippen LogP contribution in [-0.2, 0) is 0 Å². The van der Waals surface area contributed by atoms with E-state index in [-0.39, 0.29) is 11.6 Å². The Labute approximate surface area is 143 Å². The molecule has 0 radical (unpaired) electrons. The number of carbonyl (C=O) groups excluding carboxylic acids is 2. The molecular formula is C18H16N4O3. The maximum atomic E-state index is 12.4. The Balaban J connectivity index is 1.81. The zero-order valence-electron chi connectivity index (χ0n) is 13.4. The molecule has 25 heavy (non-hydrogen) atoms. The van der Waals surface area contributed by atoms with Crippen molar-refractivity contribution in [3.05, 3.63) is 60.3 Å². The molecule has 0 bridgehead atoms. The summed E-state index contributed by atoms with van der Waals surface area (Å²) in [6, 6.07) is 14.9. The van der Waals surface area contributed by atoms with Crippen LogP contribution in [0.3, 0.4) is 0 Å². The van der Waals surface area contributed by atoms with Gasteiger partial charge in [0.25, 0.3) is 5.91 Å². The van der Waals surface area contributed by atoms with E-state index >= 15 is 0 Å². The second kappa shape index (κ2) is 6.88. The summed E-state index contributed by atoms with van der Waals surface area (Å²) >= 11 is 0. The van der Waals surface area contributed by atoms with Gasteiger partial charge in [-0.25, -0.2) is 9.78 Å². The lowest BCUT2D eigenvalue weighted by molar-refractivity contribution is 0.102. The van der Waals surface area contributed by atoms with Crippen LogP contribution in [0.5, 0.6) is 5.75 Å². The molecule has 0 saturated heterocycles. The summed E-state index contributed by atoms with van der Waals surface area (Å²) in [5, 5.41) is 6.07. The number of carbonyl (C=O) groups is 2. The van der Waals surface area contributed by atoms with Crippen LogP contribution in [-0.4, -0.2) is 24.0 Å². The first-order chi connectivity index (χ1) is 12.0. The van der Waals surface area contributed by atoms with E-state index in [9.17, 15) is 9.59 Å². The summed E-state index contributed by atoms with van der Waals surface area (Å²) in [5.74, 6) is 0.374. The molecule has 4 N–H and O–H groups in total. The molecule has 0 aliphatic carbocycles. The van der Waals surface area contributed by atoms with Gasteiger partial charge in [0.2, 0.25) is 0 Å². The van der Waals surface area contributed by atoms with E-state index in [1.807, 2.05) is 12.1 Å². The van der Waals surface area contributed by atoms with Crippen LogP contribution in [0, 0.1) is 0 Å². The van der Waals surface area contributed by atoms with Gasteiger partial charge in [0, 0.05) is 16.8 Å². The molecule has 1 aromatic heterocycles. The Kier molecular flexibility index (Phi) is 4.47. The van der Waals surface area contributed by atoms with Gasteiger partial charge in [0.05, 0.1) is 12.6 Å². The van der Waals surface area contributed by atoms with Gasteiger partial charge in [-0.1, -0.05) is 12.1 Å². The number of nitrogens with zero attached hydrogens (tertiary/aromatic N) is 1. The molecule has 2 aromatic carbocycles. The van der Waals surface area contributed by atoms with E-state index in [2.05, 4.69) is 15.6 Å². The molecule has 0 atom stereocenters. The Morgan fingerprint density at radius 3 is 2.48 bits per heavy atom. The minimum absolute atomic E-state index is 0.283. The third kappa shape index (κ3) is 3.84. The summed E-state index contributed by atoms with van der Waals surface area (Å²) in [4.78, 5) is 27.7. The Morgan fingerprint density at radius 1 is 1.00 bits per heavy atom. The lowest BCUT2D eigenvalue weighted by atomic mass is 10.2. The van der Waals surface area contributed by atoms with E-state index in [4.69, 9.17) is 10.5 Å². The molecule has 3 amide bonds. The molecule has 0 fully saturated rings. The van der Waals surface area contributed by atoms with Gasteiger partial charge >= 0.3 is 6.03 Å². The fourth-order valence-electron chi connectivity index (χ4n) is 2.37. The van der Waals surface area contributed by atoms with Crippen molar-refractivity contribution in [2.24, 2.45) is 5.73 Å². The van der Waals surface area contributed by atoms with Crippen molar-refractivity contribution in [3.63, 3.8) is 0 Å². The molecule has 0 saturated carbocycles. The van der Waals surface area contributed by atoms with Gasteiger partial charge in [-0.05, 0) is 42.5 Å². The number of urea groups is 1. The number of hydrogen-bond acceptors (Lipinski definition) is 4. The van der Waals surface area contributed by atoms with E-state index in [0.717, 1.165) is 11.1 Å². The highest BCUT2D eigenvalue weighted by molar-refractivity contribution is 6.04. The van der Waals surface area contributed by atoms with Crippen LogP contribution in [0.2, 0.25) is 0 Å². The van der Waals surface area contributed by atoms with Crippen LogP contribution in [0.4, 0.5) is 16.2 Å². The fourth-order valence-corrected chi connectivity index (χ4v) is 2.37. The molecule has 126 valence electrons. The fraction of sp³-hybridized carbons (Fsp3) is 0.0556. The Bertz CT molecular complexity index is 956. The average molecular weight is 336 g/mol. The van der Waals surface area contributed by atoms with E-state index in [1.165, 1.54) is 0 Å². The first-order valence-corrected chi connectivity index (χ1v) is 7.48. The van der Waals surface area contributed by atoms with Crippen molar-refractivity contribution in [1.82, 2.24) is 4.98 Å². The summed E-state index contributed by atoms with van der Waals surface area (Å²) in [5.41, 5.74) is 7.07. The lowest BCUT2D eigenvalue weighted by Crippen LogP contribution is -2.19. The second-order valence-electron chi connectivity index (χ2n) is 5.28. The van der Waals surface area contributed by atoms with Crippen molar-refractivity contribution < 1.29 is 14.3 Å². The number of nitrogens with two attached hydrogens (primary N) is 1. The molecule has 0 aliphatic heterocycles. The third-order valence-corrected chi connectivity index (χ3v) is 3.52. The van der Waals surface area contributed by atoms with Crippen LogP contribution < -0.4 is 21.1 Å². The van der Waals surface area contributed by atoms with Crippen molar-refractivity contribution >= 4 is 34.2 Å². The first-order valence-electron chi connectivity index (χ1n) is 7.48. The average Bonchev–Trinajstić information content (AvgIpc) is 2.60. The van der Waals surface area contributed by atoms with Gasteiger partial charge in [-0.3, -0.25) is 4.79 Å². The lowest BCUT2D eigenvalue weighted by Gasteiger charge is -2.08. The Hall–Kier alpha value is -3.61. The summed E-state index contributed by atoms with van der Waals surface area (Å²) in [7, 11) is 1.59. The number of methoxy groups -OCH3 is 1. The van der Waals surface area contributed by atoms with Gasteiger partial charge in [-0.2, -0.15) is 0 Å². The molecule has 3 aromatic rings. The van der Waals surface area contributed by atoms with Crippen LogP contribution in [0.1, 0.15) is 10.5 Å². The number of benzene rings is 2. The molecule has 0 aliphatic rings. The van der Waals surface area contributed by atoms with Crippen molar-refractivity contribution in [2.45, 2.75) is 0 Å². The molecule has 0 spiro atoms. The summed E-state index contributed by atoms with van der Waals surface area (Å²) in [6.45, 7) is 0. The molecular weight excluding hydrogens is 320 g/mol. The predicted molar refractivity (Wildman–Crippen MR) is 95.9 cm³/mol. The monoisotopic (exact) mass is 336 g/mol. The third-order valence-electron chi connectivity index (χ3n) is 3.52. The number of anilines is 2. The SMILES string of the molecule is COc1ccc2nc(C(=O)Nc3cccc(NC(N)=O)c3)ccc2c1. The number of rotatable bonds is 4. The highest BCUT2D eigenvalue weighted by atomic mass is 16.5. The predicted octanol–water partition coefficient (Wildman–Crippen LogP) is 2.99.